The summed E-state index contributed by atoms with van der Waals surface area (Å²) in [6, 6.07) is 14.9. The number of aryl methyl sites for hydroxylation is 1. The van der Waals surface area contributed by atoms with E-state index in [2.05, 4.69) is 20.6 Å². The standard InChI is InChI=1S/C19H17FN4O/c1-13-2-6-16(7-3-13)23-19-21-12-17(20)18(24-19)22-15-8-4-14(5-9-15)10-11-25/h2-9,11-12H,10H2,1H3,(H2,21,22,23,24). The highest BCUT2D eigenvalue weighted by molar-refractivity contribution is 5.61. The number of anilines is 4. The molecule has 5 nitrogen and oxygen atoms in total. The van der Waals surface area contributed by atoms with Gasteiger partial charge < -0.3 is 15.4 Å². The van der Waals surface area contributed by atoms with Crippen molar-refractivity contribution in [2.24, 2.45) is 0 Å². The summed E-state index contributed by atoms with van der Waals surface area (Å²) in [5.74, 6) is -0.176. The zero-order chi connectivity index (χ0) is 17.6. The molecule has 0 aliphatic heterocycles. The quantitative estimate of drug-likeness (QED) is 0.662. The van der Waals surface area contributed by atoms with Gasteiger partial charge in [-0.2, -0.15) is 4.98 Å². The summed E-state index contributed by atoms with van der Waals surface area (Å²) in [4.78, 5) is 18.7. The molecule has 0 amide bonds. The van der Waals surface area contributed by atoms with Crippen LogP contribution in [0.5, 0.6) is 0 Å². The Hall–Kier alpha value is -3.28. The van der Waals surface area contributed by atoms with Crippen molar-refractivity contribution in [3.8, 4) is 0 Å². The number of hydrogen-bond acceptors (Lipinski definition) is 5. The van der Waals surface area contributed by atoms with Gasteiger partial charge in [-0.25, -0.2) is 9.37 Å². The fourth-order valence-corrected chi connectivity index (χ4v) is 2.24. The van der Waals surface area contributed by atoms with Gasteiger partial charge in [0.15, 0.2) is 11.6 Å². The second-order valence-electron chi connectivity index (χ2n) is 5.57. The van der Waals surface area contributed by atoms with Crippen molar-refractivity contribution in [1.29, 1.82) is 0 Å². The molecule has 25 heavy (non-hydrogen) atoms. The number of nitrogens with zero attached hydrogens (tertiary/aromatic N) is 2. The zero-order valence-electron chi connectivity index (χ0n) is 13.7. The molecule has 6 heteroatoms. The van der Waals surface area contributed by atoms with E-state index in [9.17, 15) is 9.18 Å². The molecule has 0 spiro atoms. The first kappa shape index (κ1) is 16.6. The Bertz CT molecular complexity index is 864. The summed E-state index contributed by atoms with van der Waals surface area (Å²) in [5, 5.41) is 5.96. The fourth-order valence-electron chi connectivity index (χ4n) is 2.24. The number of carbonyl (C=O) groups excluding carboxylic acids is 1. The number of benzene rings is 2. The smallest absolute Gasteiger partial charge is 0.229 e. The van der Waals surface area contributed by atoms with E-state index >= 15 is 0 Å². The molecule has 2 N–H and O–H groups in total. The summed E-state index contributed by atoms with van der Waals surface area (Å²) < 4.78 is 14.0. The Balaban J connectivity index is 1.76. The van der Waals surface area contributed by atoms with Crippen molar-refractivity contribution >= 4 is 29.4 Å². The predicted octanol–water partition coefficient (Wildman–Crippen LogP) is 4.15. The van der Waals surface area contributed by atoms with Gasteiger partial charge in [-0.15, -0.1) is 0 Å². The van der Waals surface area contributed by atoms with Gasteiger partial charge >= 0.3 is 0 Å². The molecule has 0 aliphatic rings. The van der Waals surface area contributed by atoms with Crippen LogP contribution >= 0.6 is 0 Å². The predicted molar refractivity (Wildman–Crippen MR) is 95.9 cm³/mol. The van der Waals surface area contributed by atoms with Crippen LogP contribution in [0, 0.1) is 12.7 Å². The van der Waals surface area contributed by atoms with Gasteiger partial charge in [0.05, 0.1) is 6.20 Å². The number of aromatic nitrogens is 2. The second kappa shape index (κ2) is 7.53. The van der Waals surface area contributed by atoms with Crippen LogP contribution in [0.3, 0.4) is 0 Å². The van der Waals surface area contributed by atoms with E-state index in [1.54, 1.807) is 24.3 Å². The molecular formula is C19H17FN4O. The molecule has 0 saturated heterocycles. The lowest BCUT2D eigenvalue weighted by Gasteiger charge is -2.10. The average Bonchev–Trinajstić information content (AvgIpc) is 2.62. The van der Waals surface area contributed by atoms with Crippen LogP contribution in [-0.4, -0.2) is 16.3 Å². The van der Waals surface area contributed by atoms with Crippen LogP contribution in [0.15, 0.2) is 54.7 Å². The average molecular weight is 336 g/mol. The molecule has 3 rings (SSSR count). The minimum Gasteiger partial charge on any atom is -0.338 e. The normalized spacial score (nSPS) is 10.3. The second-order valence-corrected chi connectivity index (χ2v) is 5.57. The number of aldehydes is 1. The lowest BCUT2D eigenvalue weighted by molar-refractivity contribution is -0.107. The van der Waals surface area contributed by atoms with Crippen molar-refractivity contribution in [2.45, 2.75) is 13.3 Å². The molecule has 0 unspecified atom stereocenters. The van der Waals surface area contributed by atoms with Gasteiger partial charge in [-0.05, 0) is 36.8 Å². The Morgan fingerprint density at radius 3 is 2.32 bits per heavy atom. The molecular weight excluding hydrogens is 319 g/mol. The van der Waals surface area contributed by atoms with Crippen molar-refractivity contribution < 1.29 is 9.18 Å². The number of hydrogen-bond donors (Lipinski definition) is 2. The number of rotatable bonds is 6. The van der Waals surface area contributed by atoms with E-state index in [-0.39, 0.29) is 5.82 Å². The lowest BCUT2D eigenvalue weighted by Crippen LogP contribution is -2.03. The highest BCUT2D eigenvalue weighted by Crippen LogP contribution is 2.21. The Kier molecular flexibility index (Phi) is 4.99. The Morgan fingerprint density at radius 2 is 1.64 bits per heavy atom. The molecule has 0 radical (unpaired) electrons. The molecule has 1 aromatic heterocycles. The molecule has 126 valence electrons. The minimum atomic E-state index is -0.550. The van der Waals surface area contributed by atoms with Crippen molar-refractivity contribution in [1.82, 2.24) is 9.97 Å². The van der Waals surface area contributed by atoms with Crippen LogP contribution in [0.25, 0.3) is 0 Å². The van der Waals surface area contributed by atoms with E-state index in [1.807, 2.05) is 31.2 Å². The molecule has 0 atom stereocenters. The molecule has 2 aromatic carbocycles. The van der Waals surface area contributed by atoms with E-state index in [0.717, 1.165) is 29.3 Å². The number of halogens is 1. The van der Waals surface area contributed by atoms with E-state index in [1.165, 1.54) is 0 Å². The van der Waals surface area contributed by atoms with Crippen molar-refractivity contribution in [3.05, 3.63) is 71.7 Å². The summed E-state index contributed by atoms with van der Waals surface area (Å²) in [5.41, 5.74) is 3.53. The topological polar surface area (TPSA) is 66.9 Å². The van der Waals surface area contributed by atoms with Crippen LogP contribution < -0.4 is 10.6 Å². The van der Waals surface area contributed by atoms with Crippen LogP contribution in [0.4, 0.5) is 27.5 Å². The minimum absolute atomic E-state index is 0.0766. The maximum Gasteiger partial charge on any atom is 0.229 e. The SMILES string of the molecule is Cc1ccc(Nc2ncc(F)c(Nc3ccc(CC=O)cc3)n2)cc1. The maximum absolute atomic E-state index is 14.0. The Morgan fingerprint density at radius 1 is 1.00 bits per heavy atom. The van der Waals surface area contributed by atoms with Gasteiger partial charge in [0.2, 0.25) is 5.95 Å². The highest BCUT2D eigenvalue weighted by atomic mass is 19.1. The third-order valence-electron chi connectivity index (χ3n) is 3.59. The van der Waals surface area contributed by atoms with Crippen molar-refractivity contribution in [3.63, 3.8) is 0 Å². The van der Waals surface area contributed by atoms with Crippen LogP contribution in [0.1, 0.15) is 11.1 Å². The first-order valence-corrected chi connectivity index (χ1v) is 7.80. The highest BCUT2D eigenvalue weighted by Gasteiger charge is 2.08. The molecule has 1 heterocycles. The molecule has 0 bridgehead atoms. The van der Waals surface area contributed by atoms with Crippen LogP contribution in [0.2, 0.25) is 0 Å². The van der Waals surface area contributed by atoms with Gasteiger partial charge in [-0.1, -0.05) is 29.8 Å². The summed E-state index contributed by atoms with van der Waals surface area (Å²) in [6.07, 6.45) is 2.31. The third-order valence-corrected chi connectivity index (χ3v) is 3.59. The molecule has 0 saturated carbocycles. The molecule has 0 fully saturated rings. The van der Waals surface area contributed by atoms with Gasteiger partial charge in [0.25, 0.3) is 0 Å². The third kappa shape index (κ3) is 4.38. The monoisotopic (exact) mass is 336 g/mol. The zero-order valence-corrected chi connectivity index (χ0v) is 13.7. The summed E-state index contributed by atoms with van der Waals surface area (Å²) in [6.45, 7) is 2.00. The first-order chi connectivity index (χ1) is 12.1. The van der Waals surface area contributed by atoms with E-state index in [0.29, 0.717) is 18.1 Å². The maximum atomic E-state index is 14.0. The molecule has 3 aromatic rings. The number of carbonyl (C=O) groups is 1. The summed E-state index contributed by atoms with van der Waals surface area (Å²) in [7, 11) is 0. The van der Waals surface area contributed by atoms with Gasteiger partial charge in [0, 0.05) is 17.8 Å². The van der Waals surface area contributed by atoms with Crippen LogP contribution in [-0.2, 0) is 11.2 Å². The Labute approximate surface area is 145 Å². The van der Waals surface area contributed by atoms with Gasteiger partial charge in [0.1, 0.15) is 6.29 Å². The number of nitrogens with one attached hydrogen (secondary N) is 2. The first-order valence-electron chi connectivity index (χ1n) is 7.80. The van der Waals surface area contributed by atoms with Crippen molar-refractivity contribution in [2.75, 3.05) is 10.6 Å². The molecule has 0 aliphatic carbocycles. The summed E-state index contributed by atoms with van der Waals surface area (Å²) >= 11 is 0. The van der Waals surface area contributed by atoms with Gasteiger partial charge in [-0.3, -0.25) is 0 Å². The largest absolute Gasteiger partial charge is 0.338 e. The fraction of sp³-hybridized carbons (Fsp3) is 0.105. The lowest BCUT2D eigenvalue weighted by atomic mass is 10.1. The van der Waals surface area contributed by atoms with E-state index in [4.69, 9.17) is 0 Å². The van der Waals surface area contributed by atoms with E-state index < -0.39 is 5.82 Å².